The fourth-order valence-electron chi connectivity index (χ4n) is 5.66. The molecule has 2 aliphatic rings. The van der Waals surface area contributed by atoms with E-state index in [4.69, 9.17) is 27.9 Å². The van der Waals surface area contributed by atoms with Crippen molar-refractivity contribution >= 4 is 23.4 Å². The number of rotatable bonds is 8. The van der Waals surface area contributed by atoms with E-state index in [9.17, 15) is 9.65 Å². The van der Waals surface area contributed by atoms with E-state index < -0.39 is 17.4 Å². The molecule has 0 aromatic heterocycles. The van der Waals surface area contributed by atoms with Crippen LogP contribution in [0.1, 0.15) is 60.9 Å². The molecule has 0 saturated carbocycles. The van der Waals surface area contributed by atoms with Gasteiger partial charge in [0.05, 0.1) is 17.7 Å². The van der Waals surface area contributed by atoms with Crippen LogP contribution in [0.3, 0.4) is 0 Å². The number of nitriles is 1. The lowest BCUT2D eigenvalue weighted by molar-refractivity contribution is 0.00645. The molecule has 0 spiro atoms. The van der Waals surface area contributed by atoms with Crippen molar-refractivity contribution in [2.45, 2.75) is 44.3 Å². The summed E-state index contributed by atoms with van der Waals surface area (Å²) in [6, 6.07) is 13.6. The second kappa shape index (κ2) is 11.6. The Kier molecular flexibility index (Phi) is 8.43. The topological polar surface area (TPSA) is 101 Å². The van der Waals surface area contributed by atoms with Crippen molar-refractivity contribution in [1.82, 2.24) is 4.90 Å². The molecule has 1 heterocycles. The summed E-state index contributed by atoms with van der Waals surface area (Å²) in [5.41, 5.74) is 7.58. The molecule has 39 heavy (non-hydrogen) atoms. The van der Waals surface area contributed by atoms with Gasteiger partial charge in [-0.1, -0.05) is 42.5 Å². The number of hydrogen-bond donors (Lipinski definition) is 2. The molecule has 1 aliphatic heterocycles. The first-order valence-electron chi connectivity index (χ1n) is 12.7. The van der Waals surface area contributed by atoms with Gasteiger partial charge in [0.15, 0.2) is 0 Å². The van der Waals surface area contributed by atoms with Crippen molar-refractivity contribution in [3.05, 3.63) is 99.9 Å². The van der Waals surface area contributed by atoms with Crippen LogP contribution in [-0.2, 0) is 4.74 Å². The molecule has 4 N–H and O–H groups in total. The summed E-state index contributed by atoms with van der Waals surface area (Å²) in [5, 5.41) is 13.5. The minimum absolute atomic E-state index is 0.0776. The van der Waals surface area contributed by atoms with Gasteiger partial charge in [-0.3, -0.25) is 4.90 Å². The largest absolute Gasteiger partial charge is 0.425 e. The van der Waals surface area contributed by atoms with Gasteiger partial charge < -0.3 is 16.3 Å². The summed E-state index contributed by atoms with van der Waals surface area (Å²) in [7, 11) is 0. The highest BCUT2D eigenvalue weighted by Crippen LogP contribution is 2.47. The zero-order chi connectivity index (χ0) is 28.3. The van der Waals surface area contributed by atoms with Gasteiger partial charge in [0, 0.05) is 29.6 Å². The highest BCUT2D eigenvalue weighted by molar-refractivity contribution is 6.29. The Labute approximate surface area is 232 Å². The maximum Gasteiger partial charge on any atom is 0.309 e. The second-order valence-electron chi connectivity index (χ2n) is 10.5. The average Bonchev–Trinajstić information content (AvgIpc) is 2.87. The Bertz CT molecular complexity index is 1380. The number of alkyl halides is 1. The fraction of sp³-hybridized carbons (Fsp3) is 0.333. The standard InChI is InChI=1S/C30H32ClF2N5O/c1-18(39-29(35)37-36)21-5-4-6-22(13-21)28(20-7-9-25(31)10-8-20)38-16-24(17-38)27(30(2,3)33)23-11-19(15-34)12-26(32)14-23/h4-7,9,11-14,24,27-28H,1,8,10,16-17,36H2,2-3H3,(H2,35,37). The minimum Gasteiger partial charge on any atom is -0.425 e. The van der Waals surface area contributed by atoms with E-state index in [1.54, 1.807) is 6.07 Å². The molecule has 4 rings (SSSR count). The molecule has 1 aliphatic carbocycles. The number of nitrogens with two attached hydrogens (primary N) is 2. The van der Waals surface area contributed by atoms with E-state index >= 15 is 4.39 Å². The smallest absolute Gasteiger partial charge is 0.309 e. The average molecular weight is 552 g/mol. The van der Waals surface area contributed by atoms with Crippen molar-refractivity contribution in [2.75, 3.05) is 13.1 Å². The van der Waals surface area contributed by atoms with Gasteiger partial charge in [0.2, 0.25) is 0 Å². The first-order valence-corrected chi connectivity index (χ1v) is 13.1. The maximum absolute atomic E-state index is 15.6. The van der Waals surface area contributed by atoms with E-state index in [2.05, 4.69) is 16.6 Å². The summed E-state index contributed by atoms with van der Waals surface area (Å²) < 4.78 is 35.3. The highest BCUT2D eigenvalue weighted by Gasteiger charge is 2.45. The van der Waals surface area contributed by atoms with Crippen LogP contribution < -0.4 is 11.6 Å². The number of allylic oxidation sites excluding steroid dienone is 3. The summed E-state index contributed by atoms with van der Waals surface area (Å²) in [6.07, 6.45) is 5.48. The lowest BCUT2D eigenvalue weighted by Crippen LogP contribution is -2.54. The Balaban J connectivity index is 1.65. The molecular weight excluding hydrogens is 520 g/mol. The molecule has 1 fully saturated rings. The Morgan fingerprint density at radius 1 is 1.21 bits per heavy atom. The summed E-state index contributed by atoms with van der Waals surface area (Å²) in [5.74, 6) is 4.30. The Morgan fingerprint density at radius 3 is 2.56 bits per heavy atom. The summed E-state index contributed by atoms with van der Waals surface area (Å²) in [4.78, 5) is 2.28. The van der Waals surface area contributed by atoms with E-state index in [0.29, 0.717) is 24.4 Å². The first-order chi connectivity index (χ1) is 18.5. The molecule has 2 atom stereocenters. The number of hydrazone groups is 1. The maximum atomic E-state index is 15.6. The molecule has 2 unspecified atom stereocenters. The SMILES string of the molecule is C=C(O/C(N)=N\N)c1cccc(C(C2=CC=C(Cl)CC2)N2CC(C(c3cc(F)cc(C#N)c3)C(C)(C)F)C2)c1. The van der Waals surface area contributed by atoms with Gasteiger partial charge >= 0.3 is 6.02 Å². The first kappa shape index (κ1) is 28.3. The Hall–Kier alpha value is -3.67. The minimum atomic E-state index is -1.62. The fourth-order valence-corrected chi connectivity index (χ4v) is 5.82. The number of likely N-dealkylation sites (tertiary alicyclic amines) is 1. The molecule has 2 aromatic carbocycles. The van der Waals surface area contributed by atoms with E-state index in [0.717, 1.165) is 29.0 Å². The van der Waals surface area contributed by atoms with Crippen LogP contribution in [0.4, 0.5) is 8.78 Å². The zero-order valence-corrected chi connectivity index (χ0v) is 22.8. The van der Waals surface area contributed by atoms with Crippen LogP contribution in [0.25, 0.3) is 5.76 Å². The normalized spacial score (nSPS) is 18.3. The predicted octanol–water partition coefficient (Wildman–Crippen LogP) is 6.22. The molecular formula is C30H32ClF2N5O. The predicted molar refractivity (Wildman–Crippen MR) is 150 cm³/mol. The molecule has 0 amide bonds. The summed E-state index contributed by atoms with van der Waals surface area (Å²) in [6.45, 7) is 8.14. The van der Waals surface area contributed by atoms with Crippen molar-refractivity contribution in [3.63, 3.8) is 0 Å². The van der Waals surface area contributed by atoms with Crippen molar-refractivity contribution in [2.24, 2.45) is 22.6 Å². The quantitative estimate of drug-likeness (QED) is 0.133. The van der Waals surface area contributed by atoms with Crippen LogP contribution in [0, 0.1) is 23.1 Å². The van der Waals surface area contributed by atoms with Gasteiger partial charge in [-0.2, -0.15) is 5.26 Å². The van der Waals surface area contributed by atoms with Crippen molar-refractivity contribution in [3.8, 4) is 6.07 Å². The molecule has 0 radical (unpaired) electrons. The zero-order valence-electron chi connectivity index (χ0n) is 22.0. The van der Waals surface area contributed by atoms with E-state index in [-0.39, 0.29) is 23.5 Å². The lowest BCUT2D eigenvalue weighted by atomic mass is 9.71. The van der Waals surface area contributed by atoms with E-state index in [1.165, 1.54) is 31.6 Å². The van der Waals surface area contributed by atoms with Crippen LogP contribution in [-0.4, -0.2) is 29.7 Å². The number of hydrogen-bond acceptors (Lipinski definition) is 5. The number of nitrogens with zero attached hydrogens (tertiary/aromatic N) is 3. The van der Waals surface area contributed by atoms with Crippen LogP contribution in [0.2, 0.25) is 0 Å². The monoisotopic (exact) mass is 551 g/mol. The highest BCUT2D eigenvalue weighted by atomic mass is 35.5. The third-order valence-electron chi connectivity index (χ3n) is 7.28. The van der Waals surface area contributed by atoms with Gasteiger partial charge in [-0.15, -0.1) is 5.10 Å². The number of halogens is 3. The van der Waals surface area contributed by atoms with Gasteiger partial charge in [0.1, 0.15) is 17.2 Å². The van der Waals surface area contributed by atoms with Crippen molar-refractivity contribution in [1.29, 1.82) is 5.26 Å². The van der Waals surface area contributed by atoms with E-state index in [1.807, 2.05) is 42.5 Å². The molecule has 6 nitrogen and oxygen atoms in total. The van der Waals surface area contributed by atoms with Crippen LogP contribution in [0.15, 0.2) is 76.9 Å². The second-order valence-corrected chi connectivity index (χ2v) is 11.0. The van der Waals surface area contributed by atoms with Gasteiger partial charge in [-0.25, -0.2) is 8.78 Å². The lowest BCUT2D eigenvalue weighted by Gasteiger charge is -2.50. The summed E-state index contributed by atoms with van der Waals surface area (Å²) >= 11 is 6.26. The molecule has 204 valence electrons. The molecule has 0 bridgehead atoms. The van der Waals surface area contributed by atoms with Gasteiger partial charge in [0.25, 0.3) is 0 Å². The Morgan fingerprint density at radius 2 is 1.95 bits per heavy atom. The van der Waals surface area contributed by atoms with Crippen LogP contribution >= 0.6 is 11.6 Å². The molecule has 2 aromatic rings. The molecule has 9 heteroatoms. The molecule has 1 saturated heterocycles. The third kappa shape index (κ3) is 6.49. The number of amidine groups is 1. The number of ether oxygens (including phenoxy) is 1. The third-order valence-corrected chi connectivity index (χ3v) is 7.60. The van der Waals surface area contributed by atoms with Crippen molar-refractivity contribution < 1.29 is 13.5 Å². The van der Waals surface area contributed by atoms with Gasteiger partial charge in [-0.05, 0) is 79.6 Å². The number of benzene rings is 2. The van der Waals surface area contributed by atoms with Crippen LogP contribution in [0.5, 0.6) is 0 Å².